The van der Waals surface area contributed by atoms with Crippen LogP contribution in [0.25, 0.3) is 5.69 Å². The van der Waals surface area contributed by atoms with Crippen LogP contribution in [0.1, 0.15) is 68.0 Å². The second-order valence-corrected chi connectivity index (χ2v) is 12.2. The van der Waals surface area contributed by atoms with E-state index in [1.807, 2.05) is 17.9 Å². The van der Waals surface area contributed by atoms with Gasteiger partial charge >= 0.3 is 6.18 Å². The summed E-state index contributed by atoms with van der Waals surface area (Å²) in [6.07, 6.45) is -3.20. The highest BCUT2D eigenvalue weighted by atomic mass is 19.4. The lowest BCUT2D eigenvalue weighted by Crippen LogP contribution is -2.44. The summed E-state index contributed by atoms with van der Waals surface area (Å²) in [7, 11) is 0. The van der Waals surface area contributed by atoms with Crippen LogP contribution in [-0.4, -0.2) is 57.2 Å². The minimum absolute atomic E-state index is 0.00906. The van der Waals surface area contributed by atoms with Crippen LogP contribution < -0.4 is 0 Å². The maximum Gasteiger partial charge on any atom is 0.416 e. The molecule has 2 aliphatic rings. The second kappa shape index (κ2) is 10.9. The summed E-state index contributed by atoms with van der Waals surface area (Å²) in [5.74, 6) is -2.20. The molecule has 3 heterocycles. The summed E-state index contributed by atoms with van der Waals surface area (Å²) in [5.41, 5.74) is 1.26. The molecule has 0 radical (unpaired) electrons. The first-order valence-corrected chi connectivity index (χ1v) is 14.0. The van der Waals surface area contributed by atoms with E-state index >= 15 is 0 Å². The number of piperidine rings is 1. The smallest absolute Gasteiger partial charge is 0.342 e. The zero-order valence-corrected chi connectivity index (χ0v) is 23.7. The van der Waals surface area contributed by atoms with E-state index in [9.17, 15) is 26.7 Å². The van der Waals surface area contributed by atoms with Crippen molar-refractivity contribution in [1.82, 2.24) is 19.6 Å². The number of nitrogens with zero attached hydrogens (tertiary/aromatic N) is 4. The van der Waals surface area contributed by atoms with Crippen LogP contribution in [0, 0.1) is 24.5 Å². The van der Waals surface area contributed by atoms with Gasteiger partial charge in [0.1, 0.15) is 11.6 Å². The summed E-state index contributed by atoms with van der Waals surface area (Å²) in [6.45, 7) is 9.89. The van der Waals surface area contributed by atoms with Crippen molar-refractivity contribution in [3.63, 3.8) is 0 Å². The van der Waals surface area contributed by atoms with Gasteiger partial charge in [-0.15, -0.1) is 0 Å². The lowest BCUT2D eigenvalue weighted by atomic mass is 9.86. The Labute approximate surface area is 236 Å². The van der Waals surface area contributed by atoms with Crippen molar-refractivity contribution >= 4 is 5.91 Å². The molecule has 0 unspecified atom stereocenters. The molecule has 0 aliphatic carbocycles. The number of amides is 1. The molecule has 2 aromatic carbocycles. The molecule has 1 aromatic heterocycles. The fourth-order valence-electron chi connectivity index (χ4n) is 6.18. The van der Waals surface area contributed by atoms with Crippen molar-refractivity contribution in [2.24, 2.45) is 5.92 Å². The topological polar surface area (TPSA) is 41.4 Å². The fourth-order valence-corrected chi connectivity index (χ4v) is 6.18. The van der Waals surface area contributed by atoms with Crippen LogP contribution in [-0.2, 0) is 11.0 Å². The zero-order chi connectivity index (χ0) is 29.7. The summed E-state index contributed by atoms with van der Waals surface area (Å²) >= 11 is 0. The lowest BCUT2D eigenvalue weighted by Gasteiger charge is -2.35. The number of halogens is 5. The minimum atomic E-state index is -4.46. The Kier molecular flexibility index (Phi) is 7.74. The average Bonchev–Trinajstić information content (AvgIpc) is 3.52. The van der Waals surface area contributed by atoms with Crippen molar-refractivity contribution in [3.05, 3.63) is 82.7 Å². The normalized spacial score (nSPS) is 21.0. The number of carbonyl (C=O) groups is 1. The number of likely N-dealkylation sites (tertiary alicyclic amines) is 2. The Bertz CT molecular complexity index is 1420. The monoisotopic (exact) mass is 574 g/mol. The van der Waals surface area contributed by atoms with E-state index in [4.69, 9.17) is 0 Å². The fraction of sp³-hybridized carbons (Fsp3) is 0.484. The molecule has 0 N–H and O–H groups in total. The molecular formula is C31H35F5N4O. The van der Waals surface area contributed by atoms with Gasteiger partial charge in [0.2, 0.25) is 5.91 Å². The van der Waals surface area contributed by atoms with Crippen LogP contribution in [0.3, 0.4) is 0 Å². The van der Waals surface area contributed by atoms with E-state index < -0.39 is 35.2 Å². The van der Waals surface area contributed by atoms with E-state index in [-0.39, 0.29) is 17.4 Å². The maximum atomic E-state index is 14.9. The maximum absolute atomic E-state index is 14.9. The van der Waals surface area contributed by atoms with Gasteiger partial charge in [-0.25, -0.2) is 13.5 Å². The van der Waals surface area contributed by atoms with Gasteiger partial charge in [-0.2, -0.15) is 18.3 Å². The Morgan fingerprint density at radius 2 is 1.66 bits per heavy atom. The first-order valence-electron chi connectivity index (χ1n) is 14.0. The molecule has 5 nitrogen and oxygen atoms in total. The third-order valence-corrected chi connectivity index (χ3v) is 8.45. The number of alkyl halides is 3. The minimum Gasteiger partial charge on any atom is -0.342 e. The highest BCUT2D eigenvalue weighted by molar-refractivity contribution is 5.81. The molecule has 0 saturated carbocycles. The largest absolute Gasteiger partial charge is 0.416 e. The molecule has 1 amide bonds. The third kappa shape index (κ3) is 6.03. The van der Waals surface area contributed by atoms with Crippen LogP contribution in [0.2, 0.25) is 0 Å². The highest BCUT2D eigenvalue weighted by Crippen LogP contribution is 2.40. The van der Waals surface area contributed by atoms with Crippen LogP contribution >= 0.6 is 0 Å². The van der Waals surface area contributed by atoms with Crippen LogP contribution in [0.4, 0.5) is 22.0 Å². The quantitative estimate of drug-likeness (QED) is 0.326. The molecule has 2 fully saturated rings. The Morgan fingerprint density at radius 1 is 0.951 bits per heavy atom. The lowest BCUT2D eigenvalue weighted by molar-refractivity contribution is -0.138. The van der Waals surface area contributed by atoms with Gasteiger partial charge in [0.25, 0.3) is 0 Å². The van der Waals surface area contributed by atoms with Gasteiger partial charge in [0, 0.05) is 55.3 Å². The number of hydrogen-bond donors (Lipinski definition) is 0. The van der Waals surface area contributed by atoms with Crippen LogP contribution in [0.15, 0.2) is 48.5 Å². The predicted molar refractivity (Wildman–Crippen MR) is 146 cm³/mol. The Morgan fingerprint density at radius 3 is 2.29 bits per heavy atom. The van der Waals surface area contributed by atoms with E-state index in [0.29, 0.717) is 56.0 Å². The van der Waals surface area contributed by atoms with Gasteiger partial charge in [0.05, 0.1) is 22.9 Å². The van der Waals surface area contributed by atoms with E-state index in [2.05, 4.69) is 30.8 Å². The molecular weight excluding hydrogens is 539 g/mol. The zero-order valence-electron chi connectivity index (χ0n) is 23.7. The molecule has 2 saturated heterocycles. The molecule has 2 atom stereocenters. The number of aromatic nitrogens is 2. The van der Waals surface area contributed by atoms with Crippen molar-refractivity contribution in [2.75, 3.05) is 26.2 Å². The molecule has 41 heavy (non-hydrogen) atoms. The standard InChI is InChI=1S/C31H35F5N4O/c1-19-14-28(40(37-19)23-7-5-6-21(15-23)31(34,35)36)20-10-12-38(13-11-20)29(41)26-18-39(30(2,3)4)17-25(26)24-9-8-22(32)16-27(24)33/h5-9,14-16,20,25-26H,10-13,17-18H2,1-4H3/t25-,26+/m0/s1. The molecule has 2 aliphatic heterocycles. The average molecular weight is 575 g/mol. The van der Waals surface area contributed by atoms with Crippen molar-refractivity contribution < 1.29 is 26.7 Å². The van der Waals surface area contributed by atoms with Gasteiger partial charge in [-0.3, -0.25) is 9.69 Å². The van der Waals surface area contributed by atoms with Gasteiger partial charge < -0.3 is 4.90 Å². The first kappa shape index (κ1) is 29.2. The SMILES string of the molecule is Cc1cc(C2CCN(C(=O)[C@@H]3CN(C(C)(C)C)C[C@H]3c3ccc(F)cc3F)CC2)n(-c2cccc(C(F)(F)F)c2)n1. The Balaban J connectivity index is 1.34. The van der Waals surface area contributed by atoms with Crippen LogP contribution in [0.5, 0.6) is 0 Å². The van der Waals surface area contributed by atoms with E-state index in [1.54, 1.807) is 10.7 Å². The van der Waals surface area contributed by atoms with Gasteiger partial charge in [-0.1, -0.05) is 12.1 Å². The molecule has 10 heteroatoms. The van der Waals surface area contributed by atoms with Crippen molar-refractivity contribution in [1.29, 1.82) is 0 Å². The summed E-state index contributed by atoms with van der Waals surface area (Å²) in [5, 5.41) is 4.49. The van der Waals surface area contributed by atoms with E-state index in [0.717, 1.165) is 23.9 Å². The second-order valence-electron chi connectivity index (χ2n) is 12.2. The number of carbonyl (C=O) groups excluding carboxylic acids is 1. The number of aryl methyl sites for hydroxylation is 1. The summed E-state index contributed by atoms with van der Waals surface area (Å²) in [6, 6.07) is 10.6. The number of benzene rings is 2. The highest BCUT2D eigenvalue weighted by Gasteiger charge is 2.45. The molecule has 220 valence electrons. The van der Waals surface area contributed by atoms with Gasteiger partial charge in [0.15, 0.2) is 0 Å². The molecule has 5 rings (SSSR count). The number of rotatable bonds is 4. The molecule has 0 spiro atoms. The molecule has 3 aromatic rings. The Hall–Kier alpha value is -3.27. The van der Waals surface area contributed by atoms with Crippen molar-refractivity contribution in [3.8, 4) is 5.69 Å². The van der Waals surface area contributed by atoms with Crippen molar-refractivity contribution in [2.45, 2.75) is 64.1 Å². The van der Waals surface area contributed by atoms with E-state index in [1.165, 1.54) is 18.2 Å². The number of hydrogen-bond acceptors (Lipinski definition) is 3. The first-order chi connectivity index (χ1) is 19.2. The van der Waals surface area contributed by atoms with Gasteiger partial charge in [-0.05, 0) is 76.4 Å². The summed E-state index contributed by atoms with van der Waals surface area (Å²) in [4.78, 5) is 17.9. The molecule has 0 bridgehead atoms. The summed E-state index contributed by atoms with van der Waals surface area (Å²) < 4.78 is 70.1. The predicted octanol–water partition coefficient (Wildman–Crippen LogP) is 6.70. The third-order valence-electron chi connectivity index (χ3n) is 8.45.